The first-order chi connectivity index (χ1) is 12.0. The molecule has 5 nitrogen and oxygen atoms in total. The van der Waals surface area contributed by atoms with Crippen LogP contribution in [0.15, 0.2) is 34.7 Å². The highest BCUT2D eigenvalue weighted by Crippen LogP contribution is 2.38. The van der Waals surface area contributed by atoms with Crippen molar-refractivity contribution in [3.05, 3.63) is 46.7 Å². The lowest BCUT2D eigenvalue weighted by Gasteiger charge is -2.31. The minimum Gasteiger partial charge on any atom is -0.282 e. The third-order valence-electron chi connectivity index (χ3n) is 4.77. The molecule has 1 unspecified atom stereocenters. The van der Waals surface area contributed by atoms with E-state index >= 15 is 0 Å². The lowest BCUT2D eigenvalue weighted by Crippen LogP contribution is -2.39. The van der Waals surface area contributed by atoms with Gasteiger partial charge in [-0.1, -0.05) is 11.6 Å². The van der Waals surface area contributed by atoms with Crippen molar-refractivity contribution < 1.29 is 8.42 Å². The first kappa shape index (κ1) is 17.0. The molecule has 4 rings (SSSR count). The summed E-state index contributed by atoms with van der Waals surface area (Å²) < 4.78 is 29.5. The van der Waals surface area contributed by atoms with Crippen molar-refractivity contribution in [3.63, 3.8) is 0 Å². The van der Waals surface area contributed by atoms with E-state index in [1.165, 1.54) is 11.3 Å². The molecule has 2 aromatic heterocycles. The quantitative estimate of drug-likeness (QED) is 0.724. The molecule has 1 N–H and O–H groups in total. The molecule has 1 saturated heterocycles. The minimum absolute atomic E-state index is 0.162. The Balaban J connectivity index is 1.70. The Kier molecular flexibility index (Phi) is 4.35. The van der Waals surface area contributed by atoms with Gasteiger partial charge in [-0.3, -0.25) is 5.10 Å². The lowest BCUT2D eigenvalue weighted by molar-refractivity contribution is 0.313. The van der Waals surface area contributed by atoms with Gasteiger partial charge in [0, 0.05) is 40.6 Å². The molecule has 0 saturated carbocycles. The third-order valence-corrected chi connectivity index (χ3v) is 8.75. The van der Waals surface area contributed by atoms with Crippen molar-refractivity contribution in [2.24, 2.45) is 0 Å². The van der Waals surface area contributed by atoms with E-state index in [0.29, 0.717) is 22.3 Å². The fourth-order valence-corrected chi connectivity index (χ4v) is 7.02. The predicted octanol–water partition coefficient (Wildman–Crippen LogP) is 4.15. The van der Waals surface area contributed by atoms with Crippen LogP contribution in [0.5, 0.6) is 0 Å². The first-order valence-corrected chi connectivity index (χ1v) is 10.8. The number of aryl methyl sites for hydroxylation is 1. The van der Waals surface area contributed by atoms with Gasteiger partial charge in [-0.2, -0.15) is 9.40 Å². The van der Waals surface area contributed by atoms with Crippen molar-refractivity contribution in [2.75, 3.05) is 13.1 Å². The summed E-state index contributed by atoms with van der Waals surface area (Å²) in [6.07, 6.45) is 3.52. The van der Waals surface area contributed by atoms with Gasteiger partial charge in [0.2, 0.25) is 0 Å². The molecule has 1 aliphatic heterocycles. The van der Waals surface area contributed by atoms with Gasteiger partial charge in [0.25, 0.3) is 10.0 Å². The summed E-state index contributed by atoms with van der Waals surface area (Å²) in [4.78, 5) is 0. The molecule has 1 aliphatic rings. The molecule has 3 aromatic rings. The van der Waals surface area contributed by atoms with Crippen LogP contribution in [0, 0.1) is 6.92 Å². The molecule has 0 bridgehead atoms. The minimum atomic E-state index is -3.52. The summed E-state index contributed by atoms with van der Waals surface area (Å²) in [6, 6.07) is 7.45. The number of hydrogen-bond acceptors (Lipinski definition) is 4. The van der Waals surface area contributed by atoms with Crippen molar-refractivity contribution in [1.29, 1.82) is 0 Å². The van der Waals surface area contributed by atoms with Crippen LogP contribution in [0.1, 0.15) is 30.0 Å². The van der Waals surface area contributed by atoms with Crippen molar-refractivity contribution in [3.8, 4) is 0 Å². The van der Waals surface area contributed by atoms with E-state index in [2.05, 4.69) is 10.2 Å². The maximum absolute atomic E-state index is 13.3. The second-order valence-corrected chi connectivity index (χ2v) is 9.99. The number of nitrogens with one attached hydrogen (secondary N) is 1. The number of H-pyrrole nitrogens is 1. The molecule has 0 radical (unpaired) electrons. The summed E-state index contributed by atoms with van der Waals surface area (Å²) in [7, 11) is -3.52. The maximum Gasteiger partial charge on any atom is 0.252 e. The molecule has 1 aromatic carbocycles. The smallest absolute Gasteiger partial charge is 0.252 e. The Bertz CT molecular complexity index is 1010. The second kappa shape index (κ2) is 6.39. The standard InChI is InChI=1S/C17H18ClN3O2S2/c1-11-14-9-13(18)4-5-16(14)24-17(11)25(22,23)21-8-2-3-12(10-21)15-6-7-19-20-15/h4-7,9,12H,2-3,8,10H2,1H3,(H,19,20). The number of thiophene rings is 1. The molecular formula is C17H18ClN3O2S2. The zero-order chi connectivity index (χ0) is 17.6. The number of rotatable bonds is 3. The van der Waals surface area contributed by atoms with Gasteiger partial charge in [-0.25, -0.2) is 8.42 Å². The number of aromatic amines is 1. The van der Waals surface area contributed by atoms with Gasteiger partial charge in [-0.15, -0.1) is 11.3 Å². The number of fused-ring (bicyclic) bond motifs is 1. The van der Waals surface area contributed by atoms with E-state index in [9.17, 15) is 8.42 Å². The van der Waals surface area contributed by atoms with Crippen molar-refractivity contribution >= 4 is 43.0 Å². The summed E-state index contributed by atoms with van der Waals surface area (Å²) in [5.74, 6) is 0.162. The molecule has 8 heteroatoms. The average molecular weight is 396 g/mol. The van der Waals surface area contributed by atoms with Crippen LogP contribution in [-0.4, -0.2) is 36.0 Å². The van der Waals surface area contributed by atoms with Crippen molar-refractivity contribution in [2.45, 2.75) is 29.9 Å². The largest absolute Gasteiger partial charge is 0.282 e. The number of halogens is 1. The van der Waals surface area contributed by atoms with Crippen LogP contribution < -0.4 is 0 Å². The van der Waals surface area contributed by atoms with Gasteiger partial charge >= 0.3 is 0 Å². The van der Waals surface area contributed by atoms with E-state index in [1.807, 2.05) is 25.1 Å². The highest BCUT2D eigenvalue weighted by atomic mass is 35.5. The molecule has 3 heterocycles. The van der Waals surface area contributed by atoms with Gasteiger partial charge in [-0.05, 0) is 55.0 Å². The lowest BCUT2D eigenvalue weighted by atomic mass is 9.96. The molecule has 25 heavy (non-hydrogen) atoms. The molecule has 1 fully saturated rings. The van der Waals surface area contributed by atoms with Crippen LogP contribution in [0.25, 0.3) is 10.1 Å². The van der Waals surface area contributed by atoms with Crippen LogP contribution in [-0.2, 0) is 10.0 Å². The van der Waals surface area contributed by atoms with Gasteiger partial charge in [0.15, 0.2) is 0 Å². The van der Waals surface area contributed by atoms with Crippen LogP contribution in [0.3, 0.4) is 0 Å². The highest BCUT2D eigenvalue weighted by Gasteiger charge is 2.33. The van der Waals surface area contributed by atoms with E-state index in [-0.39, 0.29) is 5.92 Å². The molecule has 132 valence electrons. The fraction of sp³-hybridized carbons (Fsp3) is 0.353. The Morgan fingerprint density at radius 3 is 2.96 bits per heavy atom. The number of piperidine rings is 1. The summed E-state index contributed by atoms with van der Waals surface area (Å²) in [5.41, 5.74) is 1.78. The number of sulfonamides is 1. The Hall–Kier alpha value is -1.41. The maximum atomic E-state index is 13.3. The van der Waals surface area contributed by atoms with Crippen molar-refractivity contribution in [1.82, 2.24) is 14.5 Å². The van der Waals surface area contributed by atoms with Gasteiger partial charge < -0.3 is 0 Å². The number of benzene rings is 1. The molecule has 0 spiro atoms. The zero-order valence-electron chi connectivity index (χ0n) is 13.7. The zero-order valence-corrected chi connectivity index (χ0v) is 16.1. The van der Waals surface area contributed by atoms with E-state index in [4.69, 9.17) is 11.6 Å². The molecule has 1 atom stereocenters. The van der Waals surface area contributed by atoms with Crippen LogP contribution in [0.2, 0.25) is 5.02 Å². The molecule has 0 aliphatic carbocycles. The van der Waals surface area contributed by atoms with Crippen LogP contribution >= 0.6 is 22.9 Å². The normalized spacial score (nSPS) is 19.5. The van der Waals surface area contributed by atoms with E-state index in [1.54, 1.807) is 16.6 Å². The Labute approximate surface area is 155 Å². The number of nitrogens with zero attached hydrogens (tertiary/aromatic N) is 2. The summed E-state index contributed by atoms with van der Waals surface area (Å²) in [5, 5.41) is 8.50. The second-order valence-electron chi connectivity index (χ2n) is 6.37. The Morgan fingerprint density at radius 1 is 1.36 bits per heavy atom. The topological polar surface area (TPSA) is 66.1 Å². The van der Waals surface area contributed by atoms with Gasteiger partial charge in [0.1, 0.15) is 4.21 Å². The molecule has 0 amide bonds. The van der Waals surface area contributed by atoms with Crippen LogP contribution in [0.4, 0.5) is 0 Å². The first-order valence-electron chi connectivity index (χ1n) is 8.15. The Morgan fingerprint density at radius 2 is 2.20 bits per heavy atom. The molecular weight excluding hydrogens is 378 g/mol. The SMILES string of the molecule is Cc1c(S(=O)(=O)N2CCCC(c3ccn[nH]3)C2)sc2ccc(Cl)cc12. The summed E-state index contributed by atoms with van der Waals surface area (Å²) >= 11 is 7.40. The predicted molar refractivity (Wildman–Crippen MR) is 101 cm³/mol. The fourth-order valence-electron chi connectivity index (χ4n) is 3.44. The van der Waals surface area contributed by atoms with Gasteiger partial charge in [0.05, 0.1) is 0 Å². The van der Waals surface area contributed by atoms with E-state index in [0.717, 1.165) is 34.2 Å². The highest BCUT2D eigenvalue weighted by molar-refractivity contribution is 7.91. The number of hydrogen-bond donors (Lipinski definition) is 1. The third kappa shape index (κ3) is 2.99. The number of aromatic nitrogens is 2. The monoisotopic (exact) mass is 395 g/mol. The van der Waals surface area contributed by atoms with E-state index < -0.39 is 10.0 Å². The average Bonchev–Trinajstić information content (AvgIpc) is 3.24. The summed E-state index contributed by atoms with van der Waals surface area (Å²) in [6.45, 7) is 2.90.